The standard InChI is InChI=1S/C10H19N3O3/c1-2-9-11-10(16-12-9)8-13(5-7-15)4-3-6-14/h14-15H,2-8H2,1H3. The van der Waals surface area contributed by atoms with Crippen molar-refractivity contribution in [2.75, 3.05) is 26.3 Å². The second kappa shape index (κ2) is 7.32. The van der Waals surface area contributed by atoms with Crippen LogP contribution in [0.3, 0.4) is 0 Å². The van der Waals surface area contributed by atoms with Crippen LogP contribution >= 0.6 is 0 Å². The van der Waals surface area contributed by atoms with Crippen LogP contribution in [-0.4, -0.2) is 51.6 Å². The number of aryl methyl sites for hydroxylation is 1. The van der Waals surface area contributed by atoms with Gasteiger partial charge in [-0.05, 0) is 6.42 Å². The van der Waals surface area contributed by atoms with E-state index in [1.165, 1.54) is 0 Å². The molecule has 16 heavy (non-hydrogen) atoms. The van der Waals surface area contributed by atoms with Gasteiger partial charge in [0.1, 0.15) is 0 Å². The number of aromatic nitrogens is 2. The zero-order valence-electron chi connectivity index (χ0n) is 9.59. The molecule has 1 rings (SSSR count). The van der Waals surface area contributed by atoms with E-state index in [2.05, 4.69) is 10.1 Å². The summed E-state index contributed by atoms with van der Waals surface area (Å²) in [6.07, 6.45) is 1.43. The summed E-state index contributed by atoms with van der Waals surface area (Å²) in [6, 6.07) is 0. The molecule has 1 aromatic rings. The van der Waals surface area contributed by atoms with Crippen molar-refractivity contribution in [3.63, 3.8) is 0 Å². The fourth-order valence-corrected chi connectivity index (χ4v) is 1.39. The molecule has 0 amide bonds. The number of rotatable bonds is 8. The van der Waals surface area contributed by atoms with E-state index in [1.807, 2.05) is 11.8 Å². The molecular weight excluding hydrogens is 210 g/mol. The Bertz CT molecular complexity index is 291. The van der Waals surface area contributed by atoms with E-state index in [-0.39, 0.29) is 13.2 Å². The highest BCUT2D eigenvalue weighted by Crippen LogP contribution is 2.03. The summed E-state index contributed by atoms with van der Waals surface area (Å²) in [5.41, 5.74) is 0. The second-order valence-corrected chi connectivity index (χ2v) is 3.53. The van der Waals surface area contributed by atoms with Crippen molar-refractivity contribution in [1.82, 2.24) is 15.0 Å². The van der Waals surface area contributed by atoms with Gasteiger partial charge in [0.25, 0.3) is 0 Å². The highest BCUT2D eigenvalue weighted by Gasteiger charge is 2.10. The lowest BCUT2D eigenvalue weighted by Crippen LogP contribution is -2.28. The average Bonchev–Trinajstić information content (AvgIpc) is 2.74. The molecule has 0 radical (unpaired) electrons. The Hall–Kier alpha value is -0.980. The van der Waals surface area contributed by atoms with Gasteiger partial charge in [0, 0.05) is 26.1 Å². The number of nitrogens with zero attached hydrogens (tertiary/aromatic N) is 3. The smallest absolute Gasteiger partial charge is 0.240 e. The molecule has 0 fully saturated rings. The highest BCUT2D eigenvalue weighted by molar-refractivity contribution is 4.85. The van der Waals surface area contributed by atoms with Crippen LogP contribution in [0, 0.1) is 0 Å². The second-order valence-electron chi connectivity index (χ2n) is 3.53. The van der Waals surface area contributed by atoms with Gasteiger partial charge in [-0.3, -0.25) is 4.90 Å². The quantitative estimate of drug-likeness (QED) is 0.643. The summed E-state index contributed by atoms with van der Waals surface area (Å²) < 4.78 is 5.07. The van der Waals surface area contributed by atoms with Crippen molar-refractivity contribution < 1.29 is 14.7 Å². The Balaban J connectivity index is 2.46. The lowest BCUT2D eigenvalue weighted by atomic mass is 10.3. The summed E-state index contributed by atoms with van der Waals surface area (Å²) in [5, 5.41) is 21.4. The molecule has 0 saturated heterocycles. The molecule has 0 saturated carbocycles. The Labute approximate surface area is 94.9 Å². The topological polar surface area (TPSA) is 82.6 Å². The lowest BCUT2D eigenvalue weighted by molar-refractivity contribution is 0.160. The number of hydrogen-bond acceptors (Lipinski definition) is 6. The fraction of sp³-hybridized carbons (Fsp3) is 0.800. The van der Waals surface area contributed by atoms with E-state index in [9.17, 15) is 0 Å². The van der Waals surface area contributed by atoms with Crippen LogP contribution in [0.5, 0.6) is 0 Å². The van der Waals surface area contributed by atoms with Crippen LogP contribution in [0.15, 0.2) is 4.52 Å². The maximum absolute atomic E-state index is 8.89. The first-order chi connectivity index (χ1) is 7.80. The molecule has 0 aliphatic carbocycles. The molecule has 6 heteroatoms. The molecule has 1 aromatic heterocycles. The van der Waals surface area contributed by atoms with E-state index in [0.717, 1.165) is 6.42 Å². The van der Waals surface area contributed by atoms with Gasteiger partial charge < -0.3 is 14.7 Å². The number of aliphatic hydroxyl groups is 2. The number of hydrogen-bond donors (Lipinski definition) is 2. The van der Waals surface area contributed by atoms with Crippen molar-refractivity contribution in [3.8, 4) is 0 Å². The lowest BCUT2D eigenvalue weighted by Gasteiger charge is -2.18. The molecule has 0 aromatic carbocycles. The van der Waals surface area contributed by atoms with Crippen LogP contribution in [0.2, 0.25) is 0 Å². The molecular formula is C10H19N3O3. The van der Waals surface area contributed by atoms with Crippen molar-refractivity contribution in [3.05, 3.63) is 11.7 Å². The van der Waals surface area contributed by atoms with Crippen molar-refractivity contribution >= 4 is 0 Å². The Morgan fingerprint density at radius 2 is 2.06 bits per heavy atom. The summed E-state index contributed by atoms with van der Waals surface area (Å²) in [6.45, 7) is 3.97. The minimum Gasteiger partial charge on any atom is -0.396 e. The van der Waals surface area contributed by atoms with Crippen LogP contribution in [-0.2, 0) is 13.0 Å². The van der Waals surface area contributed by atoms with Gasteiger partial charge in [-0.2, -0.15) is 4.98 Å². The SMILES string of the molecule is CCc1noc(CN(CCO)CCCO)n1. The summed E-state index contributed by atoms with van der Waals surface area (Å²) in [7, 11) is 0. The zero-order valence-corrected chi connectivity index (χ0v) is 9.59. The number of aliphatic hydroxyl groups excluding tert-OH is 2. The molecule has 0 aliphatic rings. The summed E-state index contributed by atoms with van der Waals surface area (Å²) in [4.78, 5) is 6.17. The third-order valence-electron chi connectivity index (χ3n) is 2.23. The predicted molar refractivity (Wildman–Crippen MR) is 57.7 cm³/mol. The first kappa shape index (κ1) is 13.1. The molecule has 0 bridgehead atoms. The van der Waals surface area contributed by atoms with Crippen molar-refractivity contribution in [1.29, 1.82) is 0 Å². The fourth-order valence-electron chi connectivity index (χ4n) is 1.39. The van der Waals surface area contributed by atoms with Crippen LogP contribution < -0.4 is 0 Å². The zero-order chi connectivity index (χ0) is 11.8. The van der Waals surface area contributed by atoms with E-state index in [1.54, 1.807) is 0 Å². The van der Waals surface area contributed by atoms with E-state index in [0.29, 0.717) is 37.8 Å². The Morgan fingerprint density at radius 1 is 1.25 bits per heavy atom. The normalized spacial score (nSPS) is 11.2. The minimum atomic E-state index is 0.0835. The van der Waals surface area contributed by atoms with Crippen molar-refractivity contribution in [2.24, 2.45) is 0 Å². The first-order valence-corrected chi connectivity index (χ1v) is 5.55. The van der Waals surface area contributed by atoms with E-state index < -0.39 is 0 Å². The van der Waals surface area contributed by atoms with Gasteiger partial charge in [0.05, 0.1) is 13.2 Å². The van der Waals surface area contributed by atoms with Gasteiger partial charge in [0.15, 0.2) is 5.82 Å². The largest absolute Gasteiger partial charge is 0.396 e. The van der Waals surface area contributed by atoms with E-state index in [4.69, 9.17) is 14.7 Å². The van der Waals surface area contributed by atoms with E-state index >= 15 is 0 Å². The van der Waals surface area contributed by atoms with Crippen molar-refractivity contribution in [2.45, 2.75) is 26.3 Å². The third kappa shape index (κ3) is 4.26. The molecule has 0 spiro atoms. The molecule has 0 unspecified atom stereocenters. The first-order valence-electron chi connectivity index (χ1n) is 5.55. The third-order valence-corrected chi connectivity index (χ3v) is 2.23. The Kier molecular flexibility index (Phi) is 5.99. The van der Waals surface area contributed by atoms with Gasteiger partial charge in [0.2, 0.25) is 5.89 Å². The monoisotopic (exact) mass is 229 g/mol. The van der Waals surface area contributed by atoms with Gasteiger partial charge in [-0.15, -0.1) is 0 Å². The Morgan fingerprint density at radius 3 is 2.62 bits per heavy atom. The van der Waals surface area contributed by atoms with Crippen LogP contribution in [0.4, 0.5) is 0 Å². The maximum Gasteiger partial charge on any atom is 0.240 e. The van der Waals surface area contributed by atoms with Crippen LogP contribution in [0.25, 0.3) is 0 Å². The van der Waals surface area contributed by atoms with Crippen LogP contribution in [0.1, 0.15) is 25.1 Å². The van der Waals surface area contributed by atoms with Gasteiger partial charge in [-0.1, -0.05) is 12.1 Å². The molecule has 1 heterocycles. The maximum atomic E-state index is 8.89. The molecule has 0 atom stereocenters. The minimum absolute atomic E-state index is 0.0835. The molecule has 92 valence electrons. The molecule has 2 N–H and O–H groups in total. The molecule has 0 aliphatic heterocycles. The van der Waals surface area contributed by atoms with Gasteiger partial charge in [-0.25, -0.2) is 0 Å². The average molecular weight is 229 g/mol. The highest BCUT2D eigenvalue weighted by atomic mass is 16.5. The summed E-state index contributed by atoms with van der Waals surface area (Å²) >= 11 is 0. The van der Waals surface area contributed by atoms with Gasteiger partial charge >= 0.3 is 0 Å². The predicted octanol–water partition coefficient (Wildman–Crippen LogP) is -0.191. The summed E-state index contributed by atoms with van der Waals surface area (Å²) in [5.74, 6) is 1.25. The molecule has 6 nitrogen and oxygen atoms in total.